The first-order chi connectivity index (χ1) is 15.1. The Kier molecular flexibility index (Phi) is 6.37. The smallest absolute Gasteiger partial charge is 0.496 e. The van der Waals surface area contributed by atoms with Crippen LogP contribution in [0.4, 0.5) is 18.0 Å². The van der Waals surface area contributed by atoms with Gasteiger partial charge in [-0.05, 0) is 29.8 Å². The Balaban J connectivity index is 2.13. The number of carbonyl (C=O) groups excluding carboxylic acids is 1. The SMILES string of the molecule is COc1cccc(OC)c1C1(Cc2ccc(OC(F)(F)F)cc2)CNC(=O)CN1C(=O)O. The highest BCUT2D eigenvalue weighted by atomic mass is 19.4. The molecule has 0 aromatic heterocycles. The van der Waals surface area contributed by atoms with Crippen molar-refractivity contribution < 1.29 is 42.1 Å². The van der Waals surface area contributed by atoms with Crippen LogP contribution in [-0.2, 0) is 16.8 Å². The van der Waals surface area contributed by atoms with Crippen molar-refractivity contribution in [1.82, 2.24) is 10.2 Å². The zero-order chi connectivity index (χ0) is 23.5. The van der Waals surface area contributed by atoms with Gasteiger partial charge >= 0.3 is 12.5 Å². The van der Waals surface area contributed by atoms with Gasteiger partial charge in [-0.1, -0.05) is 18.2 Å². The number of nitrogens with zero attached hydrogens (tertiary/aromatic N) is 1. The van der Waals surface area contributed by atoms with Crippen molar-refractivity contribution in [2.24, 2.45) is 0 Å². The van der Waals surface area contributed by atoms with Crippen LogP contribution in [0.5, 0.6) is 17.2 Å². The molecule has 0 aliphatic carbocycles. The summed E-state index contributed by atoms with van der Waals surface area (Å²) in [4.78, 5) is 25.2. The molecule has 2 amide bonds. The molecule has 1 fully saturated rings. The number of hydrogen-bond donors (Lipinski definition) is 2. The topological polar surface area (TPSA) is 97.3 Å². The summed E-state index contributed by atoms with van der Waals surface area (Å²) in [6.45, 7) is -0.540. The lowest BCUT2D eigenvalue weighted by atomic mass is 9.79. The maximum absolute atomic E-state index is 12.5. The van der Waals surface area contributed by atoms with Gasteiger partial charge in [-0.3, -0.25) is 9.69 Å². The van der Waals surface area contributed by atoms with E-state index in [1.807, 2.05) is 0 Å². The van der Waals surface area contributed by atoms with E-state index in [4.69, 9.17) is 9.47 Å². The fraction of sp³-hybridized carbons (Fsp3) is 0.333. The summed E-state index contributed by atoms with van der Waals surface area (Å²) < 4.78 is 52.3. The molecule has 0 radical (unpaired) electrons. The second kappa shape index (κ2) is 8.85. The lowest BCUT2D eigenvalue weighted by Crippen LogP contribution is -2.63. The monoisotopic (exact) mass is 454 g/mol. The van der Waals surface area contributed by atoms with Gasteiger partial charge in [0, 0.05) is 13.0 Å². The van der Waals surface area contributed by atoms with Gasteiger partial charge in [0.05, 0.1) is 19.8 Å². The maximum Gasteiger partial charge on any atom is 0.573 e. The average Bonchev–Trinajstić information content (AvgIpc) is 2.74. The summed E-state index contributed by atoms with van der Waals surface area (Å²) in [5, 5.41) is 12.6. The van der Waals surface area contributed by atoms with Crippen LogP contribution in [0.1, 0.15) is 11.1 Å². The third-order valence-corrected chi connectivity index (χ3v) is 5.17. The van der Waals surface area contributed by atoms with E-state index in [0.717, 1.165) is 17.0 Å². The van der Waals surface area contributed by atoms with E-state index < -0.39 is 36.2 Å². The Hall–Kier alpha value is -3.63. The second-order valence-electron chi connectivity index (χ2n) is 7.08. The number of nitrogens with one attached hydrogen (secondary N) is 1. The molecular formula is C21H21F3N2O6. The second-order valence-corrected chi connectivity index (χ2v) is 7.08. The number of halogens is 3. The lowest BCUT2D eigenvalue weighted by molar-refractivity contribution is -0.274. The first-order valence-corrected chi connectivity index (χ1v) is 9.43. The van der Waals surface area contributed by atoms with Crippen molar-refractivity contribution in [3.63, 3.8) is 0 Å². The molecule has 1 atom stereocenters. The van der Waals surface area contributed by atoms with Gasteiger partial charge in [0.25, 0.3) is 0 Å². The minimum atomic E-state index is -4.83. The third kappa shape index (κ3) is 4.66. The van der Waals surface area contributed by atoms with Crippen molar-refractivity contribution in [1.29, 1.82) is 0 Å². The number of carboxylic acid groups (broad SMARTS) is 1. The van der Waals surface area contributed by atoms with Crippen LogP contribution in [0.25, 0.3) is 0 Å². The zero-order valence-corrected chi connectivity index (χ0v) is 17.2. The highest BCUT2D eigenvalue weighted by Crippen LogP contribution is 2.44. The van der Waals surface area contributed by atoms with Crippen LogP contribution < -0.4 is 19.5 Å². The molecule has 0 saturated carbocycles. The quantitative estimate of drug-likeness (QED) is 0.696. The fourth-order valence-corrected chi connectivity index (χ4v) is 3.87. The van der Waals surface area contributed by atoms with E-state index in [2.05, 4.69) is 10.1 Å². The van der Waals surface area contributed by atoms with Crippen molar-refractivity contribution in [3.05, 3.63) is 53.6 Å². The fourth-order valence-electron chi connectivity index (χ4n) is 3.87. The van der Waals surface area contributed by atoms with Gasteiger partial charge in [0.2, 0.25) is 5.91 Å². The molecule has 2 aromatic rings. The van der Waals surface area contributed by atoms with Crippen LogP contribution in [0.15, 0.2) is 42.5 Å². The van der Waals surface area contributed by atoms with E-state index in [0.29, 0.717) is 22.6 Å². The Bertz CT molecular complexity index is 974. The molecule has 1 heterocycles. The Morgan fingerprint density at radius 2 is 1.72 bits per heavy atom. The summed E-state index contributed by atoms with van der Waals surface area (Å²) in [5.74, 6) is -0.212. The number of alkyl halides is 3. The molecule has 3 rings (SSSR count). The van der Waals surface area contributed by atoms with Crippen molar-refractivity contribution in [2.45, 2.75) is 18.3 Å². The number of carbonyl (C=O) groups is 2. The molecule has 8 nitrogen and oxygen atoms in total. The molecule has 1 unspecified atom stereocenters. The minimum absolute atomic E-state index is 0.0165. The summed E-state index contributed by atoms with van der Waals surface area (Å²) in [6.07, 6.45) is -6.16. The lowest BCUT2D eigenvalue weighted by Gasteiger charge is -2.46. The standard InChI is InChI=1S/C21H21F3N2O6/c1-30-15-4-3-5-16(31-2)18(15)20(12-25-17(27)11-26(20)19(28)29)10-13-6-8-14(9-7-13)32-21(22,23)24/h3-9H,10-12H2,1-2H3,(H,25,27)(H,28,29). The third-order valence-electron chi connectivity index (χ3n) is 5.17. The average molecular weight is 454 g/mol. The van der Waals surface area contributed by atoms with Crippen LogP contribution in [0.3, 0.4) is 0 Å². The number of methoxy groups -OCH3 is 2. The summed E-state index contributed by atoms with van der Waals surface area (Å²) in [7, 11) is 2.84. The number of benzene rings is 2. The van der Waals surface area contributed by atoms with Gasteiger partial charge in [-0.25, -0.2) is 4.79 Å². The maximum atomic E-state index is 12.5. The number of hydrogen-bond acceptors (Lipinski definition) is 5. The highest BCUT2D eigenvalue weighted by Gasteiger charge is 2.49. The molecule has 2 N–H and O–H groups in total. The molecule has 1 saturated heterocycles. The van der Waals surface area contributed by atoms with Crippen LogP contribution in [0, 0.1) is 0 Å². The molecular weight excluding hydrogens is 433 g/mol. The Labute approximate surface area is 181 Å². The number of amides is 2. The molecule has 0 bridgehead atoms. The number of ether oxygens (including phenoxy) is 3. The van der Waals surface area contributed by atoms with Crippen LogP contribution in [-0.4, -0.2) is 55.7 Å². The molecule has 2 aromatic carbocycles. The van der Waals surface area contributed by atoms with E-state index in [-0.39, 0.29) is 13.0 Å². The predicted molar refractivity (Wildman–Crippen MR) is 106 cm³/mol. The van der Waals surface area contributed by atoms with Crippen LogP contribution in [0.2, 0.25) is 0 Å². The molecule has 32 heavy (non-hydrogen) atoms. The number of rotatable bonds is 6. The van der Waals surface area contributed by atoms with Gasteiger partial charge in [-0.2, -0.15) is 0 Å². The van der Waals surface area contributed by atoms with E-state index in [1.165, 1.54) is 26.4 Å². The van der Waals surface area contributed by atoms with Crippen molar-refractivity contribution in [3.8, 4) is 17.2 Å². The Morgan fingerprint density at radius 3 is 2.22 bits per heavy atom. The van der Waals surface area contributed by atoms with E-state index >= 15 is 0 Å². The van der Waals surface area contributed by atoms with Gasteiger partial charge in [0.15, 0.2) is 0 Å². The van der Waals surface area contributed by atoms with E-state index in [1.54, 1.807) is 18.2 Å². The normalized spacial score (nSPS) is 18.7. The van der Waals surface area contributed by atoms with Gasteiger partial charge in [-0.15, -0.1) is 13.2 Å². The minimum Gasteiger partial charge on any atom is -0.496 e. The zero-order valence-electron chi connectivity index (χ0n) is 17.2. The largest absolute Gasteiger partial charge is 0.573 e. The summed E-state index contributed by atoms with van der Waals surface area (Å²) in [5.41, 5.74) is -0.456. The first-order valence-electron chi connectivity index (χ1n) is 9.43. The summed E-state index contributed by atoms with van der Waals surface area (Å²) in [6, 6.07) is 10.0. The summed E-state index contributed by atoms with van der Waals surface area (Å²) >= 11 is 0. The highest BCUT2D eigenvalue weighted by molar-refractivity contribution is 5.84. The molecule has 172 valence electrons. The Morgan fingerprint density at radius 1 is 1.12 bits per heavy atom. The van der Waals surface area contributed by atoms with Crippen LogP contribution >= 0.6 is 0 Å². The number of piperazine rings is 1. The molecule has 1 aliphatic rings. The van der Waals surface area contributed by atoms with Crippen molar-refractivity contribution in [2.75, 3.05) is 27.3 Å². The van der Waals surface area contributed by atoms with Gasteiger partial charge in [0.1, 0.15) is 29.3 Å². The predicted octanol–water partition coefficient (Wildman–Crippen LogP) is 3.15. The van der Waals surface area contributed by atoms with Gasteiger partial charge < -0.3 is 24.6 Å². The van der Waals surface area contributed by atoms with Crippen molar-refractivity contribution >= 4 is 12.0 Å². The molecule has 1 aliphatic heterocycles. The molecule has 11 heteroatoms. The first kappa shape index (κ1) is 23.0. The molecule has 0 spiro atoms. The van der Waals surface area contributed by atoms with E-state index in [9.17, 15) is 27.9 Å².